The summed E-state index contributed by atoms with van der Waals surface area (Å²) in [5.74, 6) is 0.898. The molecule has 0 unspecified atom stereocenters. The highest BCUT2D eigenvalue weighted by Crippen LogP contribution is 2.29. The maximum atomic E-state index is 9.91. The molecule has 0 amide bonds. The lowest BCUT2D eigenvalue weighted by Crippen LogP contribution is -2.34. The van der Waals surface area contributed by atoms with E-state index in [1.165, 1.54) is 0 Å². The van der Waals surface area contributed by atoms with Gasteiger partial charge in [0.15, 0.2) is 5.82 Å². The van der Waals surface area contributed by atoms with E-state index in [1.54, 1.807) is 19.3 Å². The van der Waals surface area contributed by atoms with Crippen molar-refractivity contribution in [2.45, 2.75) is 26.1 Å². The number of benzene rings is 1. The molecule has 1 atom stereocenters. The first kappa shape index (κ1) is 12.6. The van der Waals surface area contributed by atoms with Gasteiger partial charge in [-0.3, -0.25) is 0 Å². The van der Waals surface area contributed by atoms with Crippen LogP contribution in [0.3, 0.4) is 0 Å². The van der Waals surface area contributed by atoms with Crippen molar-refractivity contribution in [2.24, 2.45) is 0 Å². The Balaban J connectivity index is 1.99. The number of rotatable bonds is 2. The summed E-state index contributed by atoms with van der Waals surface area (Å²) in [5.41, 5.74) is 2.32. The van der Waals surface area contributed by atoms with Crippen LogP contribution >= 0.6 is 0 Å². The first-order valence-electron chi connectivity index (χ1n) is 6.53. The fourth-order valence-corrected chi connectivity index (χ4v) is 2.51. The average molecular weight is 269 g/mol. The van der Waals surface area contributed by atoms with Gasteiger partial charge in [-0.25, -0.2) is 0 Å². The molecule has 0 saturated carbocycles. The predicted molar refractivity (Wildman–Crippen MR) is 72.9 cm³/mol. The molecule has 3 rings (SSSR count). The van der Waals surface area contributed by atoms with Gasteiger partial charge in [0.1, 0.15) is 6.33 Å². The zero-order valence-electron chi connectivity index (χ0n) is 11.2. The Morgan fingerprint density at radius 2 is 2.25 bits per heavy atom. The normalized spacial score (nSPS) is 15.6. The molecule has 0 radical (unpaired) electrons. The molecule has 20 heavy (non-hydrogen) atoms. The van der Waals surface area contributed by atoms with Crippen LogP contribution in [0.4, 0.5) is 5.69 Å². The zero-order chi connectivity index (χ0) is 14.1. The molecule has 6 heteroatoms. The molecule has 6 nitrogen and oxygen atoms in total. The molecule has 0 saturated heterocycles. The Morgan fingerprint density at radius 3 is 3.00 bits per heavy atom. The maximum Gasteiger partial charge on any atom is 0.152 e. The van der Waals surface area contributed by atoms with Gasteiger partial charge in [0.05, 0.1) is 24.3 Å². The number of nitriles is 1. The summed E-state index contributed by atoms with van der Waals surface area (Å²) in [6.07, 6.45) is 1.16. The second-order valence-electron chi connectivity index (χ2n) is 4.92. The number of aromatic nitrogens is 3. The number of fused-ring (bicyclic) bond motifs is 1. The van der Waals surface area contributed by atoms with Gasteiger partial charge in [0, 0.05) is 24.3 Å². The second kappa shape index (κ2) is 4.94. The van der Waals surface area contributed by atoms with Gasteiger partial charge in [-0.2, -0.15) is 5.26 Å². The first-order valence-corrected chi connectivity index (χ1v) is 6.53. The van der Waals surface area contributed by atoms with E-state index in [1.807, 2.05) is 16.7 Å². The maximum absolute atomic E-state index is 9.91. The molecule has 0 spiro atoms. The monoisotopic (exact) mass is 269 g/mol. The van der Waals surface area contributed by atoms with Crippen molar-refractivity contribution in [3.63, 3.8) is 0 Å². The molecule has 0 fully saturated rings. The summed E-state index contributed by atoms with van der Waals surface area (Å²) in [7, 11) is 0. The van der Waals surface area contributed by atoms with Gasteiger partial charge in [-0.05, 0) is 19.1 Å². The lowest BCUT2D eigenvalue weighted by atomic mass is 10.0. The van der Waals surface area contributed by atoms with Crippen molar-refractivity contribution in [3.05, 3.63) is 41.5 Å². The molecule has 0 bridgehead atoms. The van der Waals surface area contributed by atoms with Gasteiger partial charge in [0.25, 0.3) is 0 Å². The van der Waals surface area contributed by atoms with Crippen molar-refractivity contribution in [3.8, 4) is 6.07 Å². The van der Waals surface area contributed by atoms with Crippen LogP contribution in [0, 0.1) is 11.3 Å². The van der Waals surface area contributed by atoms with Crippen LogP contribution in [0.15, 0.2) is 24.5 Å². The highest BCUT2D eigenvalue weighted by molar-refractivity contribution is 5.58. The van der Waals surface area contributed by atoms with Crippen molar-refractivity contribution in [1.82, 2.24) is 14.8 Å². The van der Waals surface area contributed by atoms with Crippen molar-refractivity contribution >= 4 is 5.69 Å². The molecule has 1 aliphatic heterocycles. The molecular weight excluding hydrogens is 254 g/mol. The Kier molecular flexibility index (Phi) is 3.12. The summed E-state index contributed by atoms with van der Waals surface area (Å²) in [5, 5.41) is 27.0. The van der Waals surface area contributed by atoms with E-state index >= 15 is 0 Å². The predicted octanol–water partition coefficient (Wildman–Crippen LogP) is 1.22. The standard InChI is InChI=1S/C14H15N5O/c1-10(20)12-3-2-11(7-15)6-13(12)18-4-5-19-9-16-17-14(19)8-18/h2-3,6,9-10,20H,4-5,8H2,1H3/t10-/m1/s1. The largest absolute Gasteiger partial charge is 0.389 e. The SMILES string of the molecule is C[C@@H](O)c1ccc(C#N)cc1N1CCn2cnnc2C1. The third-order valence-electron chi connectivity index (χ3n) is 3.59. The van der Waals surface area contributed by atoms with E-state index in [0.29, 0.717) is 12.1 Å². The van der Waals surface area contributed by atoms with Crippen molar-refractivity contribution in [2.75, 3.05) is 11.4 Å². The van der Waals surface area contributed by atoms with E-state index in [4.69, 9.17) is 5.26 Å². The zero-order valence-corrected chi connectivity index (χ0v) is 11.2. The van der Waals surface area contributed by atoms with Gasteiger partial charge in [-0.1, -0.05) is 6.07 Å². The molecule has 102 valence electrons. The number of hydrogen-bond donors (Lipinski definition) is 1. The number of anilines is 1. The topological polar surface area (TPSA) is 78.0 Å². The van der Waals surface area contributed by atoms with Gasteiger partial charge in [-0.15, -0.1) is 10.2 Å². The minimum Gasteiger partial charge on any atom is -0.389 e. The molecule has 1 aromatic carbocycles. The lowest BCUT2D eigenvalue weighted by molar-refractivity contribution is 0.199. The van der Waals surface area contributed by atoms with Gasteiger partial charge in [0.2, 0.25) is 0 Å². The second-order valence-corrected chi connectivity index (χ2v) is 4.92. The molecule has 2 aromatic rings. The van der Waals surface area contributed by atoms with Crippen molar-refractivity contribution < 1.29 is 5.11 Å². The third-order valence-corrected chi connectivity index (χ3v) is 3.59. The Morgan fingerprint density at radius 1 is 1.40 bits per heavy atom. The number of hydrogen-bond acceptors (Lipinski definition) is 5. The number of nitrogens with zero attached hydrogens (tertiary/aromatic N) is 5. The minimum atomic E-state index is -0.572. The van der Waals surface area contributed by atoms with Crippen LogP contribution in [-0.2, 0) is 13.1 Å². The Labute approximate surface area is 116 Å². The van der Waals surface area contributed by atoms with E-state index < -0.39 is 6.10 Å². The van der Waals surface area contributed by atoms with Crippen molar-refractivity contribution in [1.29, 1.82) is 5.26 Å². The van der Waals surface area contributed by atoms with Gasteiger partial charge >= 0.3 is 0 Å². The highest BCUT2D eigenvalue weighted by Gasteiger charge is 2.21. The fraction of sp³-hybridized carbons (Fsp3) is 0.357. The Hall–Kier alpha value is -2.39. The smallest absolute Gasteiger partial charge is 0.152 e. The fourth-order valence-electron chi connectivity index (χ4n) is 2.51. The van der Waals surface area contributed by atoms with E-state index in [9.17, 15) is 5.11 Å². The summed E-state index contributed by atoms with van der Waals surface area (Å²) < 4.78 is 2.02. The van der Waals surface area contributed by atoms with Crippen LogP contribution in [0.25, 0.3) is 0 Å². The van der Waals surface area contributed by atoms with Crippen LogP contribution in [0.1, 0.15) is 30.0 Å². The Bertz CT molecular complexity index is 670. The number of aliphatic hydroxyl groups is 1. The molecule has 1 aliphatic rings. The summed E-state index contributed by atoms with van der Waals surface area (Å²) in [6, 6.07) is 7.52. The van der Waals surface area contributed by atoms with Crippen LogP contribution in [0.5, 0.6) is 0 Å². The van der Waals surface area contributed by atoms with Crippen LogP contribution in [-0.4, -0.2) is 26.4 Å². The van der Waals surface area contributed by atoms with E-state index in [2.05, 4.69) is 21.2 Å². The average Bonchev–Trinajstić information content (AvgIpc) is 2.93. The molecule has 1 N–H and O–H groups in total. The summed E-state index contributed by atoms with van der Waals surface area (Å²) >= 11 is 0. The van der Waals surface area contributed by atoms with Crippen LogP contribution < -0.4 is 4.90 Å². The molecule has 0 aliphatic carbocycles. The quantitative estimate of drug-likeness (QED) is 0.887. The summed E-state index contributed by atoms with van der Waals surface area (Å²) in [4.78, 5) is 2.13. The van der Waals surface area contributed by atoms with Gasteiger partial charge < -0.3 is 14.6 Å². The number of aliphatic hydroxyl groups excluding tert-OH is 1. The molecule has 1 aromatic heterocycles. The minimum absolute atomic E-state index is 0.572. The summed E-state index contributed by atoms with van der Waals surface area (Å²) in [6.45, 7) is 3.98. The highest BCUT2D eigenvalue weighted by atomic mass is 16.3. The molecular formula is C14H15N5O. The van der Waals surface area contributed by atoms with Crippen LogP contribution in [0.2, 0.25) is 0 Å². The molecule has 2 heterocycles. The van der Waals surface area contributed by atoms with E-state index in [-0.39, 0.29) is 0 Å². The lowest BCUT2D eigenvalue weighted by Gasteiger charge is -2.31. The van der Waals surface area contributed by atoms with E-state index in [0.717, 1.165) is 30.2 Å². The first-order chi connectivity index (χ1) is 9.69. The third kappa shape index (κ3) is 2.12.